The van der Waals surface area contributed by atoms with Crippen LogP contribution in [0.3, 0.4) is 0 Å². The number of carbonyl (C=O) groups is 1. The summed E-state index contributed by atoms with van der Waals surface area (Å²) in [7, 11) is 0.639. The maximum Gasteiger partial charge on any atom is 0.243 e. The molecule has 7 rings (SSSR count). The van der Waals surface area contributed by atoms with Crippen molar-refractivity contribution in [3.63, 3.8) is 0 Å². The fourth-order valence-corrected chi connectivity index (χ4v) is 9.52. The number of benzene rings is 1. The molecule has 4 fully saturated rings. The number of amides is 1. The third-order valence-corrected chi connectivity index (χ3v) is 13.1. The number of aromatic nitrogens is 2. The zero-order chi connectivity index (χ0) is 30.5. The minimum Gasteiger partial charge on any atom is -0.354 e. The second kappa shape index (κ2) is 11.9. The van der Waals surface area contributed by atoms with E-state index >= 15 is 0 Å². The third-order valence-electron chi connectivity index (χ3n) is 10.4. The number of thiazole rings is 1. The van der Waals surface area contributed by atoms with Gasteiger partial charge in [-0.25, -0.2) is 18.4 Å². The van der Waals surface area contributed by atoms with Crippen molar-refractivity contribution >= 4 is 48.6 Å². The van der Waals surface area contributed by atoms with Gasteiger partial charge in [0.25, 0.3) is 0 Å². The van der Waals surface area contributed by atoms with E-state index in [9.17, 15) is 13.2 Å². The summed E-state index contributed by atoms with van der Waals surface area (Å²) in [6, 6.07) is 11.1. The van der Waals surface area contributed by atoms with Gasteiger partial charge >= 0.3 is 0 Å². The van der Waals surface area contributed by atoms with Crippen LogP contribution < -0.4 is 10.2 Å². The molecule has 0 unspecified atom stereocenters. The highest BCUT2D eigenvalue weighted by molar-refractivity contribution is 7.89. The normalized spacial score (nSPS) is 22.5. The summed E-state index contributed by atoms with van der Waals surface area (Å²) in [6.07, 6.45) is 7.49. The van der Waals surface area contributed by atoms with Gasteiger partial charge in [-0.05, 0) is 69.1 Å². The quantitative estimate of drug-likeness (QED) is 0.392. The van der Waals surface area contributed by atoms with Crippen molar-refractivity contribution in [2.75, 3.05) is 70.1 Å². The number of piperazine rings is 2. The molecule has 1 amide bonds. The number of sulfonamides is 1. The summed E-state index contributed by atoms with van der Waals surface area (Å²) in [5.41, 5.74) is 1.64. The van der Waals surface area contributed by atoms with Gasteiger partial charge in [0, 0.05) is 51.4 Å². The van der Waals surface area contributed by atoms with Crippen LogP contribution in [0.15, 0.2) is 41.3 Å². The minimum absolute atomic E-state index is 0.0119. The van der Waals surface area contributed by atoms with E-state index < -0.39 is 10.0 Å². The first-order valence-electron chi connectivity index (χ1n) is 16.0. The Hall–Kier alpha value is -2.64. The molecule has 1 aromatic carbocycles. The van der Waals surface area contributed by atoms with Crippen molar-refractivity contribution < 1.29 is 13.2 Å². The monoisotopic (exact) mass is 637 g/mol. The van der Waals surface area contributed by atoms with Crippen LogP contribution in [0, 0.1) is 5.92 Å². The van der Waals surface area contributed by atoms with E-state index in [1.165, 1.54) is 24.2 Å². The molecule has 10 nitrogen and oxygen atoms in total. The van der Waals surface area contributed by atoms with Crippen LogP contribution in [0.4, 0.5) is 10.9 Å². The summed E-state index contributed by atoms with van der Waals surface area (Å²) in [4.78, 5) is 31.5. The lowest BCUT2D eigenvalue weighted by molar-refractivity contribution is -0.118. The number of fused-ring (bicyclic) bond motifs is 1. The zero-order valence-electron chi connectivity index (χ0n) is 25.7. The number of carbonyl (C=O) groups excluding carboxylic acids is 1. The van der Waals surface area contributed by atoms with Crippen LogP contribution in [-0.4, -0.2) is 104 Å². The van der Waals surface area contributed by atoms with Crippen LogP contribution >= 0.6 is 11.3 Å². The number of anilines is 2. The van der Waals surface area contributed by atoms with Gasteiger partial charge < -0.3 is 15.1 Å². The molecule has 2 aliphatic carbocycles. The molecule has 1 spiro atoms. The predicted molar refractivity (Wildman–Crippen MR) is 175 cm³/mol. The van der Waals surface area contributed by atoms with Gasteiger partial charge in [-0.15, -0.1) is 0 Å². The Morgan fingerprint density at radius 3 is 2.41 bits per heavy atom. The van der Waals surface area contributed by atoms with Gasteiger partial charge in [-0.3, -0.25) is 9.69 Å². The van der Waals surface area contributed by atoms with Gasteiger partial charge in [-0.1, -0.05) is 49.2 Å². The maximum absolute atomic E-state index is 13.9. The van der Waals surface area contributed by atoms with E-state index in [1.54, 1.807) is 16.4 Å². The minimum atomic E-state index is -3.59. The largest absolute Gasteiger partial charge is 0.354 e. The van der Waals surface area contributed by atoms with Crippen molar-refractivity contribution in [2.24, 2.45) is 5.92 Å². The van der Waals surface area contributed by atoms with Gasteiger partial charge in [-0.2, -0.15) is 4.31 Å². The van der Waals surface area contributed by atoms with Crippen molar-refractivity contribution in [1.29, 1.82) is 0 Å². The number of nitrogens with zero attached hydrogens (tertiary/aromatic N) is 6. The summed E-state index contributed by atoms with van der Waals surface area (Å²) in [5.74, 6) is 0.956. The Bertz CT molecular complexity index is 1610. The van der Waals surface area contributed by atoms with E-state index in [4.69, 9.17) is 4.98 Å². The Morgan fingerprint density at radius 2 is 1.70 bits per heavy atom. The molecule has 2 saturated carbocycles. The van der Waals surface area contributed by atoms with E-state index in [1.807, 2.05) is 24.3 Å². The highest BCUT2D eigenvalue weighted by atomic mass is 32.2. The SMILES string of the molecule is CN1CCN(c2ccc3nc(NC(=O)[C@H](CC4CCCC4)c4ccc(S(=O)(=O)N5CCN(C)C6(CC6)C5)cc4)sc3n2)CC1. The molecule has 0 bridgehead atoms. The molecule has 236 valence electrons. The standard InChI is InChI=1S/C32H43N7O3S2/c1-36-15-18-38(19-16-36)28-12-11-27-30(34-28)43-31(33-27)35-29(40)26(21-23-5-3-4-6-23)24-7-9-25(10-8-24)44(41,42)39-20-17-37(2)32(22-39)13-14-32/h7-12,23,26H,3-6,13-22H2,1-2H3,(H,33,35,40)/t26-/m1/s1. The summed E-state index contributed by atoms with van der Waals surface area (Å²) in [6.45, 7) is 5.70. The summed E-state index contributed by atoms with van der Waals surface area (Å²) in [5, 5.41) is 3.65. The summed E-state index contributed by atoms with van der Waals surface area (Å²) < 4.78 is 28.8. The Labute approximate surface area is 264 Å². The molecule has 2 aliphatic heterocycles. The molecule has 12 heteroatoms. The number of rotatable bonds is 8. The second-order valence-electron chi connectivity index (χ2n) is 13.3. The lowest BCUT2D eigenvalue weighted by Crippen LogP contribution is -2.54. The van der Waals surface area contributed by atoms with Crippen LogP contribution in [-0.2, 0) is 14.8 Å². The van der Waals surface area contributed by atoms with Gasteiger partial charge in [0.15, 0.2) is 5.13 Å². The third kappa shape index (κ3) is 5.99. The topological polar surface area (TPSA) is 102 Å². The lowest BCUT2D eigenvalue weighted by Gasteiger charge is -2.39. The van der Waals surface area contributed by atoms with Gasteiger partial charge in [0.05, 0.1) is 10.8 Å². The molecule has 2 saturated heterocycles. The van der Waals surface area contributed by atoms with Crippen LogP contribution in [0.2, 0.25) is 0 Å². The number of nitrogens with one attached hydrogen (secondary N) is 1. The number of hydrogen-bond acceptors (Lipinski definition) is 9. The Kier molecular flexibility index (Phi) is 8.15. The molecule has 4 heterocycles. The predicted octanol–water partition coefficient (Wildman–Crippen LogP) is 4.21. The van der Waals surface area contributed by atoms with Crippen molar-refractivity contribution in [1.82, 2.24) is 24.1 Å². The molecule has 1 N–H and O–H groups in total. The first-order chi connectivity index (χ1) is 21.2. The molecule has 1 atom stereocenters. The van der Waals surface area contributed by atoms with Gasteiger partial charge in [0.2, 0.25) is 15.9 Å². The average molecular weight is 638 g/mol. The molecule has 44 heavy (non-hydrogen) atoms. The fraction of sp³-hybridized carbons (Fsp3) is 0.594. The lowest BCUT2D eigenvalue weighted by atomic mass is 9.87. The van der Waals surface area contributed by atoms with E-state index in [-0.39, 0.29) is 17.4 Å². The summed E-state index contributed by atoms with van der Waals surface area (Å²) >= 11 is 1.41. The number of likely N-dealkylation sites (N-methyl/N-ethyl adjacent to an activating group) is 2. The highest BCUT2D eigenvalue weighted by Gasteiger charge is 2.51. The highest BCUT2D eigenvalue weighted by Crippen LogP contribution is 2.44. The molecular weight excluding hydrogens is 595 g/mol. The van der Waals surface area contributed by atoms with Crippen molar-refractivity contribution in [2.45, 2.75) is 61.3 Å². The van der Waals surface area contributed by atoms with Gasteiger partial charge in [0.1, 0.15) is 16.2 Å². The molecule has 2 aromatic heterocycles. The van der Waals surface area contributed by atoms with E-state index in [0.29, 0.717) is 29.0 Å². The maximum atomic E-state index is 13.9. The van der Waals surface area contributed by atoms with Crippen molar-refractivity contribution in [3.05, 3.63) is 42.0 Å². The Balaban J connectivity index is 1.08. The second-order valence-corrected chi connectivity index (χ2v) is 16.2. The van der Waals surface area contributed by atoms with Crippen LogP contribution in [0.5, 0.6) is 0 Å². The molecule has 3 aromatic rings. The average Bonchev–Trinajstić information content (AvgIpc) is 3.40. The number of pyridine rings is 1. The smallest absolute Gasteiger partial charge is 0.243 e. The van der Waals surface area contributed by atoms with Crippen LogP contribution in [0.1, 0.15) is 56.4 Å². The first-order valence-corrected chi connectivity index (χ1v) is 18.3. The van der Waals surface area contributed by atoms with E-state index in [2.05, 4.69) is 39.1 Å². The molecule has 0 radical (unpaired) electrons. The van der Waals surface area contributed by atoms with Crippen LogP contribution in [0.25, 0.3) is 10.3 Å². The number of hydrogen-bond donors (Lipinski definition) is 1. The first kappa shape index (κ1) is 30.0. The fourth-order valence-electron chi connectivity index (χ4n) is 7.18. The molecule has 4 aliphatic rings. The van der Waals surface area contributed by atoms with E-state index in [0.717, 1.165) is 86.6 Å². The molecular formula is C32H43N7O3S2. The van der Waals surface area contributed by atoms with Crippen molar-refractivity contribution in [3.8, 4) is 0 Å². The zero-order valence-corrected chi connectivity index (χ0v) is 27.4. The Morgan fingerprint density at radius 1 is 0.977 bits per heavy atom.